The van der Waals surface area contributed by atoms with Crippen molar-refractivity contribution >= 4 is 17.6 Å². The van der Waals surface area contributed by atoms with Crippen molar-refractivity contribution in [2.24, 2.45) is 0 Å². The normalized spacial score (nSPS) is 16.6. The van der Waals surface area contributed by atoms with Gasteiger partial charge in [0.25, 0.3) is 5.91 Å². The van der Waals surface area contributed by atoms with Crippen molar-refractivity contribution in [2.45, 2.75) is 52.5 Å². The first-order valence-electron chi connectivity index (χ1n) is 9.87. The number of carbonyl (C=O) groups is 2. The van der Waals surface area contributed by atoms with E-state index in [1.807, 2.05) is 13.0 Å². The van der Waals surface area contributed by atoms with Gasteiger partial charge in [0.15, 0.2) is 6.04 Å². The Balaban J connectivity index is 2.36. The topological polar surface area (TPSA) is 64.6 Å². The first kappa shape index (κ1) is 21.2. The fourth-order valence-electron chi connectivity index (χ4n) is 3.98. The standard InChI is InChI=1S/C21H32N2O4/c1-6-10-18(23(4)11-8-9-12-23)20(24)22-19-15(3)13-16(26-5)14-17(19)21(25)27-7-2/h13-14,18H,6-12H2,1-5H3/p+1. The summed E-state index contributed by atoms with van der Waals surface area (Å²) in [5.41, 5.74) is 1.64. The molecule has 0 bridgehead atoms. The molecule has 0 spiro atoms. The third-order valence-corrected chi connectivity index (χ3v) is 5.49. The summed E-state index contributed by atoms with van der Waals surface area (Å²) in [5.74, 6) is 0.0840. The zero-order valence-corrected chi connectivity index (χ0v) is 17.3. The van der Waals surface area contributed by atoms with Crippen molar-refractivity contribution in [3.63, 3.8) is 0 Å². The van der Waals surface area contributed by atoms with Gasteiger partial charge in [-0.1, -0.05) is 6.92 Å². The molecule has 1 aliphatic rings. The Labute approximate surface area is 162 Å². The fraction of sp³-hybridized carbons (Fsp3) is 0.619. The van der Waals surface area contributed by atoms with E-state index in [1.165, 1.54) is 0 Å². The van der Waals surface area contributed by atoms with Gasteiger partial charge in [-0.2, -0.15) is 0 Å². The van der Waals surface area contributed by atoms with E-state index >= 15 is 0 Å². The molecule has 1 amide bonds. The Morgan fingerprint density at radius 3 is 2.44 bits per heavy atom. The highest BCUT2D eigenvalue weighted by atomic mass is 16.5. The lowest BCUT2D eigenvalue weighted by Gasteiger charge is -2.37. The van der Waals surface area contributed by atoms with Crippen molar-refractivity contribution in [3.8, 4) is 5.75 Å². The summed E-state index contributed by atoms with van der Waals surface area (Å²) in [7, 11) is 3.72. The second-order valence-electron chi connectivity index (χ2n) is 7.51. The molecule has 150 valence electrons. The molecule has 1 aromatic rings. The Morgan fingerprint density at radius 2 is 1.89 bits per heavy atom. The lowest BCUT2D eigenvalue weighted by Crippen LogP contribution is -2.55. The van der Waals surface area contributed by atoms with Crippen LogP contribution in [0.1, 0.15) is 55.5 Å². The van der Waals surface area contributed by atoms with E-state index in [0.29, 0.717) is 17.0 Å². The first-order chi connectivity index (χ1) is 12.9. The summed E-state index contributed by atoms with van der Waals surface area (Å²) >= 11 is 0. The van der Waals surface area contributed by atoms with Crippen LogP contribution in [0.5, 0.6) is 5.75 Å². The summed E-state index contributed by atoms with van der Waals surface area (Å²) in [6.45, 7) is 8.04. The van der Waals surface area contributed by atoms with E-state index in [1.54, 1.807) is 20.1 Å². The van der Waals surface area contributed by atoms with Crippen molar-refractivity contribution in [3.05, 3.63) is 23.3 Å². The van der Waals surface area contributed by atoms with Crippen molar-refractivity contribution in [1.82, 2.24) is 0 Å². The number of methoxy groups -OCH3 is 1. The minimum Gasteiger partial charge on any atom is -0.497 e. The molecule has 1 aliphatic heterocycles. The minimum absolute atomic E-state index is 0.0277. The molecule has 0 saturated carbocycles. The van der Waals surface area contributed by atoms with Crippen LogP contribution in [0.15, 0.2) is 12.1 Å². The largest absolute Gasteiger partial charge is 0.497 e. The van der Waals surface area contributed by atoms with Crippen LogP contribution in [0.4, 0.5) is 5.69 Å². The van der Waals surface area contributed by atoms with Gasteiger partial charge in [-0.3, -0.25) is 4.79 Å². The van der Waals surface area contributed by atoms with E-state index in [9.17, 15) is 9.59 Å². The molecule has 1 fully saturated rings. The number of aryl methyl sites for hydroxylation is 1. The number of hydrogen-bond donors (Lipinski definition) is 1. The molecule has 1 saturated heterocycles. The number of hydrogen-bond acceptors (Lipinski definition) is 4. The number of quaternary nitrogens is 1. The SMILES string of the molecule is CCCC(C(=O)Nc1c(C)cc(OC)cc1C(=O)OCC)[N+]1(C)CCCC1. The number of carbonyl (C=O) groups excluding carboxylic acids is 2. The number of likely N-dealkylation sites (N-methyl/N-ethyl adjacent to an activating group) is 1. The summed E-state index contributed by atoms with van der Waals surface area (Å²) < 4.78 is 11.2. The van der Waals surface area contributed by atoms with Gasteiger partial charge in [-0.05, 0) is 38.0 Å². The van der Waals surface area contributed by atoms with E-state index < -0.39 is 5.97 Å². The van der Waals surface area contributed by atoms with Crippen molar-refractivity contribution in [2.75, 3.05) is 39.2 Å². The van der Waals surface area contributed by atoms with Gasteiger partial charge in [0, 0.05) is 19.3 Å². The van der Waals surface area contributed by atoms with Crippen LogP contribution in [-0.2, 0) is 9.53 Å². The van der Waals surface area contributed by atoms with E-state index in [4.69, 9.17) is 9.47 Å². The van der Waals surface area contributed by atoms with Crippen LogP contribution >= 0.6 is 0 Å². The highest BCUT2D eigenvalue weighted by molar-refractivity contribution is 6.03. The number of benzene rings is 1. The molecule has 1 unspecified atom stereocenters. The van der Waals surface area contributed by atoms with Gasteiger partial charge in [-0.15, -0.1) is 0 Å². The molecule has 1 atom stereocenters. The molecular weight excluding hydrogens is 344 g/mol. The van der Waals surface area contributed by atoms with Crippen LogP contribution in [0, 0.1) is 6.92 Å². The molecule has 0 radical (unpaired) electrons. The monoisotopic (exact) mass is 377 g/mol. The lowest BCUT2D eigenvalue weighted by atomic mass is 10.0. The van der Waals surface area contributed by atoms with Gasteiger partial charge < -0.3 is 19.3 Å². The second-order valence-corrected chi connectivity index (χ2v) is 7.51. The zero-order valence-electron chi connectivity index (χ0n) is 17.3. The first-order valence-corrected chi connectivity index (χ1v) is 9.87. The molecule has 0 aromatic heterocycles. The van der Waals surface area contributed by atoms with Crippen LogP contribution in [-0.4, -0.2) is 56.3 Å². The van der Waals surface area contributed by atoms with Gasteiger partial charge in [0.1, 0.15) is 5.75 Å². The zero-order chi connectivity index (χ0) is 20.0. The molecular formula is C21H33N2O4+. The van der Waals surface area contributed by atoms with E-state index in [2.05, 4.69) is 19.3 Å². The minimum atomic E-state index is -0.455. The summed E-state index contributed by atoms with van der Waals surface area (Å²) in [5, 5.41) is 3.05. The number of anilines is 1. The number of esters is 1. The third kappa shape index (κ3) is 4.80. The molecule has 1 heterocycles. The Morgan fingerprint density at radius 1 is 1.22 bits per heavy atom. The third-order valence-electron chi connectivity index (χ3n) is 5.49. The number of nitrogens with zero attached hydrogens (tertiary/aromatic N) is 1. The molecule has 27 heavy (non-hydrogen) atoms. The maximum Gasteiger partial charge on any atom is 0.340 e. The Bertz CT molecular complexity index is 681. The highest BCUT2D eigenvalue weighted by Gasteiger charge is 2.40. The van der Waals surface area contributed by atoms with E-state index in [0.717, 1.165) is 48.8 Å². The van der Waals surface area contributed by atoms with Crippen molar-refractivity contribution < 1.29 is 23.5 Å². The molecule has 6 heteroatoms. The van der Waals surface area contributed by atoms with Gasteiger partial charge >= 0.3 is 5.97 Å². The maximum absolute atomic E-state index is 13.2. The number of nitrogens with one attached hydrogen (secondary N) is 1. The smallest absolute Gasteiger partial charge is 0.340 e. The quantitative estimate of drug-likeness (QED) is 0.556. The molecule has 0 aliphatic carbocycles. The van der Waals surface area contributed by atoms with E-state index in [-0.39, 0.29) is 18.6 Å². The van der Waals surface area contributed by atoms with Gasteiger partial charge in [-0.25, -0.2) is 4.79 Å². The Kier molecular flexibility index (Phi) is 7.25. The van der Waals surface area contributed by atoms with Crippen LogP contribution in [0.2, 0.25) is 0 Å². The Hall–Kier alpha value is -2.08. The summed E-state index contributed by atoms with van der Waals surface area (Å²) in [6, 6.07) is 3.33. The lowest BCUT2D eigenvalue weighted by molar-refractivity contribution is -0.913. The average Bonchev–Trinajstić information content (AvgIpc) is 3.08. The number of likely N-dealkylation sites (tertiary alicyclic amines) is 1. The van der Waals surface area contributed by atoms with Crippen molar-refractivity contribution in [1.29, 1.82) is 0 Å². The van der Waals surface area contributed by atoms with Crippen LogP contribution in [0.25, 0.3) is 0 Å². The van der Waals surface area contributed by atoms with Gasteiger partial charge in [0.05, 0.1) is 45.1 Å². The predicted octanol–water partition coefficient (Wildman–Crippen LogP) is 3.53. The van der Waals surface area contributed by atoms with Crippen LogP contribution in [0.3, 0.4) is 0 Å². The van der Waals surface area contributed by atoms with Crippen LogP contribution < -0.4 is 10.1 Å². The molecule has 6 nitrogen and oxygen atoms in total. The second kappa shape index (κ2) is 9.22. The summed E-state index contributed by atoms with van der Waals surface area (Å²) in [6.07, 6.45) is 4.07. The predicted molar refractivity (Wildman–Crippen MR) is 106 cm³/mol. The maximum atomic E-state index is 13.2. The number of ether oxygens (including phenoxy) is 2. The number of amides is 1. The summed E-state index contributed by atoms with van der Waals surface area (Å²) in [4.78, 5) is 25.7. The molecule has 2 rings (SSSR count). The average molecular weight is 378 g/mol. The molecule has 1 N–H and O–H groups in total. The molecule has 1 aromatic carbocycles. The van der Waals surface area contributed by atoms with Gasteiger partial charge in [0.2, 0.25) is 0 Å². The highest BCUT2D eigenvalue weighted by Crippen LogP contribution is 2.30. The fourth-order valence-corrected chi connectivity index (χ4v) is 3.98. The number of rotatable bonds is 8.